The number of likely N-dealkylation sites (tertiary alicyclic amines) is 3. The molecule has 0 spiro atoms. The number of piperidine rings is 4. The zero-order valence-electron chi connectivity index (χ0n) is 51.0. The second kappa shape index (κ2) is 30.1. The fourth-order valence-corrected chi connectivity index (χ4v) is 11.6. The average Bonchev–Trinajstić information content (AvgIpc) is 1.69. The average molecular weight is 1280 g/mol. The number of rotatable bonds is 19. The van der Waals surface area contributed by atoms with Crippen LogP contribution in [0.25, 0.3) is 0 Å². The third-order valence-corrected chi connectivity index (χ3v) is 16.4. The second-order valence-corrected chi connectivity index (χ2v) is 25.9. The lowest BCUT2D eigenvalue weighted by Gasteiger charge is -2.42. The van der Waals surface area contributed by atoms with Crippen molar-refractivity contribution in [3.63, 3.8) is 0 Å². The number of halogens is 1. The van der Waals surface area contributed by atoms with E-state index in [0.717, 1.165) is 112 Å². The van der Waals surface area contributed by atoms with Gasteiger partial charge in [-0.15, -0.1) is 0 Å². The number of unbranched alkanes of at least 4 members (excludes halogenated alkanes) is 4. The van der Waals surface area contributed by atoms with Crippen molar-refractivity contribution in [2.24, 2.45) is 0 Å². The molecule has 0 saturated carbocycles. The molecule has 25 heteroatoms. The molecule has 3 N–H and O–H groups in total. The standard InChI is InChI=1S/C31H42N4O8.C18H19BrN2O5.C13H24N2O3/c1-31(2,3)43-30(40)34-18-22(19-34)42-20-11-14-33(15-12-20)13-5-4-6-16-41-21-7-8-23-24(17-21)29(39)35(28(23)38)25-9-10-26(36)32-27(25)37;19-8-2-1-3-9-26-11-4-5-12-13(10-11)18(25)21(17(12)24)14-6-7-15(22)20-16(14)23;1-13(2,3)18-12(16)15-8-11(9-15)17-10-4-6-14-7-5-10/h7-8,17,20,22,25H,4-6,9-16,18-19H2,1-3H3,(H,32,36,37);4-5,10,14H,1-3,6-9H2,(H,20,22,23);10-11,14H,4-9H2,1-3H3. The number of hydrogen-bond donors (Lipinski definition) is 3. The maximum atomic E-state index is 13.0. The van der Waals surface area contributed by atoms with Crippen LogP contribution in [0.1, 0.15) is 173 Å². The van der Waals surface area contributed by atoms with Crippen LogP contribution in [0.2, 0.25) is 0 Å². The van der Waals surface area contributed by atoms with Gasteiger partial charge in [0.2, 0.25) is 23.6 Å². The van der Waals surface area contributed by atoms with E-state index in [1.54, 1.807) is 46.2 Å². The van der Waals surface area contributed by atoms with Crippen LogP contribution >= 0.6 is 15.9 Å². The van der Waals surface area contributed by atoms with Gasteiger partial charge < -0.3 is 48.4 Å². The van der Waals surface area contributed by atoms with Gasteiger partial charge in [0.25, 0.3) is 23.6 Å². The van der Waals surface area contributed by atoms with Crippen molar-refractivity contribution in [1.82, 2.24) is 40.4 Å². The monoisotopic (exact) mass is 1280 g/mol. The first-order valence-corrected chi connectivity index (χ1v) is 31.8. The fraction of sp³-hybridized carbons (Fsp3) is 0.645. The molecule has 6 saturated heterocycles. The number of imide groups is 4. The number of nitrogens with one attached hydrogen (secondary N) is 3. The van der Waals surface area contributed by atoms with Crippen molar-refractivity contribution in [3.8, 4) is 11.5 Å². The first-order chi connectivity index (χ1) is 41.4. The number of benzene rings is 2. The molecule has 2 unspecified atom stereocenters. The summed E-state index contributed by atoms with van der Waals surface area (Å²) < 4.78 is 34.4. The van der Waals surface area contributed by atoms with Crippen molar-refractivity contribution in [1.29, 1.82) is 0 Å². The minimum Gasteiger partial charge on any atom is -0.494 e. The van der Waals surface area contributed by atoms with Crippen LogP contribution in [0.3, 0.4) is 0 Å². The topological polar surface area (TPSA) is 278 Å². The maximum absolute atomic E-state index is 13.0. The molecular formula is C62H85BrN8O16. The Morgan fingerprint density at radius 2 is 0.931 bits per heavy atom. The van der Waals surface area contributed by atoms with E-state index >= 15 is 0 Å². The zero-order chi connectivity index (χ0) is 62.6. The Kier molecular flexibility index (Phi) is 23.0. The van der Waals surface area contributed by atoms with Crippen molar-refractivity contribution < 1.29 is 76.4 Å². The molecule has 8 heterocycles. The van der Waals surface area contributed by atoms with Gasteiger partial charge in [0, 0.05) is 31.3 Å². The second-order valence-electron chi connectivity index (χ2n) is 25.1. The number of ether oxygens (including phenoxy) is 6. The molecular weight excluding hydrogens is 1190 g/mol. The SMILES string of the molecule is CC(C)(C)OC(=O)N1CC(OC2CCN(CCCCCOc3ccc4c(c3)C(=O)N(C3CCC(=O)NC3=O)C4=O)CC2)C1.CC(C)(C)OC(=O)N1CC(OC2CCNCC2)C1.O=C1CCC(N2C(=O)c3ccc(OCCCCCBr)cc3C2=O)C(=O)N1. The number of hydrogen-bond acceptors (Lipinski definition) is 18. The third-order valence-electron chi connectivity index (χ3n) is 15.8. The first-order valence-electron chi connectivity index (χ1n) is 30.7. The number of nitrogens with zero attached hydrogens (tertiary/aromatic N) is 5. The highest BCUT2D eigenvalue weighted by Gasteiger charge is 2.47. The van der Waals surface area contributed by atoms with Crippen molar-refractivity contribution in [2.45, 2.75) is 179 Å². The number of alkyl halides is 1. The fourth-order valence-electron chi connectivity index (χ4n) is 11.2. The Bertz CT molecular complexity index is 2850. The van der Waals surface area contributed by atoms with Gasteiger partial charge in [-0.1, -0.05) is 15.9 Å². The summed E-state index contributed by atoms with van der Waals surface area (Å²) in [5, 5.41) is 8.65. The van der Waals surface area contributed by atoms with Crippen LogP contribution in [0.4, 0.5) is 9.59 Å². The molecule has 0 radical (unpaired) electrons. The van der Waals surface area contributed by atoms with E-state index < -0.39 is 70.5 Å². The van der Waals surface area contributed by atoms with Gasteiger partial charge in [0.05, 0.1) is 86.1 Å². The first kappa shape index (κ1) is 66.4. The molecule has 6 fully saturated rings. The summed E-state index contributed by atoms with van der Waals surface area (Å²) in [4.78, 5) is 130. The minimum absolute atomic E-state index is 0.0863. The van der Waals surface area contributed by atoms with Crippen molar-refractivity contribution >= 4 is 75.4 Å². The Labute approximate surface area is 516 Å². The molecule has 476 valence electrons. The predicted molar refractivity (Wildman–Crippen MR) is 319 cm³/mol. The summed E-state index contributed by atoms with van der Waals surface area (Å²) in [5.41, 5.74) is 0.0476. The van der Waals surface area contributed by atoms with Crippen LogP contribution < -0.4 is 25.4 Å². The van der Waals surface area contributed by atoms with Crippen LogP contribution in [0, 0.1) is 0 Å². The van der Waals surface area contributed by atoms with Gasteiger partial charge in [-0.25, -0.2) is 9.59 Å². The normalized spacial score (nSPS) is 21.4. The molecule has 2 aromatic rings. The summed E-state index contributed by atoms with van der Waals surface area (Å²) in [6.45, 7) is 19.9. The Hall–Kier alpha value is -6.54. The summed E-state index contributed by atoms with van der Waals surface area (Å²) >= 11 is 3.38. The maximum Gasteiger partial charge on any atom is 0.410 e. The van der Waals surface area contributed by atoms with Crippen LogP contribution in [-0.2, 0) is 38.1 Å². The van der Waals surface area contributed by atoms with E-state index in [2.05, 4.69) is 36.8 Å². The van der Waals surface area contributed by atoms with Gasteiger partial charge in [-0.3, -0.25) is 58.8 Å². The molecule has 0 aromatic heterocycles. The number of carbonyl (C=O) groups excluding carboxylic acids is 10. The quantitative estimate of drug-likeness (QED) is 0.0809. The summed E-state index contributed by atoms with van der Waals surface area (Å²) in [5.74, 6) is -3.09. The van der Waals surface area contributed by atoms with Crippen LogP contribution in [0.5, 0.6) is 11.5 Å². The molecule has 10 amide bonds. The largest absolute Gasteiger partial charge is 0.494 e. The highest BCUT2D eigenvalue weighted by molar-refractivity contribution is 9.09. The van der Waals surface area contributed by atoms with E-state index in [0.29, 0.717) is 57.0 Å². The lowest BCUT2D eigenvalue weighted by Crippen LogP contribution is -2.57. The minimum atomic E-state index is -0.979. The van der Waals surface area contributed by atoms with E-state index in [4.69, 9.17) is 28.4 Å². The molecule has 2 aromatic carbocycles. The lowest BCUT2D eigenvalue weighted by molar-refractivity contribution is -0.137. The molecule has 87 heavy (non-hydrogen) atoms. The number of carbonyl (C=O) groups is 10. The molecule has 24 nitrogen and oxygen atoms in total. The van der Waals surface area contributed by atoms with Crippen molar-refractivity contribution in [2.75, 3.05) is 77.4 Å². The molecule has 8 aliphatic rings. The van der Waals surface area contributed by atoms with E-state index in [9.17, 15) is 47.9 Å². The number of amides is 10. The van der Waals surface area contributed by atoms with E-state index in [-0.39, 0.29) is 78.4 Å². The van der Waals surface area contributed by atoms with Gasteiger partial charge >= 0.3 is 12.2 Å². The van der Waals surface area contributed by atoms with E-state index in [1.807, 2.05) is 41.5 Å². The van der Waals surface area contributed by atoms with E-state index in [1.165, 1.54) is 0 Å². The van der Waals surface area contributed by atoms with Gasteiger partial charge in [0.1, 0.15) is 34.8 Å². The van der Waals surface area contributed by atoms with Gasteiger partial charge in [0.15, 0.2) is 0 Å². The zero-order valence-corrected chi connectivity index (χ0v) is 52.5. The molecule has 8 aliphatic heterocycles. The molecule has 2 atom stereocenters. The smallest absolute Gasteiger partial charge is 0.410 e. The third kappa shape index (κ3) is 18.3. The lowest BCUT2D eigenvalue weighted by atomic mass is 10.0. The van der Waals surface area contributed by atoms with Crippen LogP contribution in [0.15, 0.2) is 36.4 Å². The van der Waals surface area contributed by atoms with Gasteiger partial charge in [-0.2, -0.15) is 0 Å². The summed E-state index contributed by atoms with van der Waals surface area (Å²) in [6, 6.07) is 7.62. The Morgan fingerprint density at radius 3 is 1.34 bits per heavy atom. The molecule has 0 bridgehead atoms. The Morgan fingerprint density at radius 1 is 0.517 bits per heavy atom. The Balaban J connectivity index is 0.000000188. The molecule has 10 rings (SSSR count). The van der Waals surface area contributed by atoms with Crippen molar-refractivity contribution in [3.05, 3.63) is 58.7 Å². The summed E-state index contributed by atoms with van der Waals surface area (Å²) in [6.07, 6.45) is 10.9. The molecule has 0 aliphatic carbocycles. The van der Waals surface area contributed by atoms with Gasteiger partial charge in [-0.05, 0) is 175 Å². The predicted octanol–water partition coefficient (Wildman–Crippen LogP) is 6.14. The van der Waals surface area contributed by atoms with Crippen LogP contribution in [-0.4, -0.2) is 209 Å². The summed E-state index contributed by atoms with van der Waals surface area (Å²) in [7, 11) is 0. The highest BCUT2D eigenvalue weighted by atomic mass is 79.9. The highest BCUT2D eigenvalue weighted by Crippen LogP contribution is 2.33. The number of fused-ring (bicyclic) bond motifs is 2.